The molecule has 168 valence electrons. The van der Waals surface area contributed by atoms with Crippen LogP contribution in [0.4, 0.5) is 0 Å². The van der Waals surface area contributed by atoms with Crippen LogP contribution in [0, 0.1) is 13.8 Å². The molecule has 0 fully saturated rings. The number of fused-ring (bicyclic) bond motifs is 2. The molecule has 0 aliphatic carbocycles. The van der Waals surface area contributed by atoms with Crippen LogP contribution in [0.1, 0.15) is 34.5 Å². The highest BCUT2D eigenvalue weighted by molar-refractivity contribution is 6.06. The average Bonchev–Trinajstić information content (AvgIpc) is 3.33. The van der Waals surface area contributed by atoms with Gasteiger partial charge in [-0.25, -0.2) is 4.98 Å². The standard InChI is InChI=1S/C23H27N5O4/c1-15-6-7-17-13-26-28(18(17)12-15)10-4-8-24-21(29)19-16(2)32-22-20(19)23(30)27(14-25-22)9-5-11-31-3/h6-7,12-14H,4-5,8-11H2,1-3H3,(H,24,29). The van der Waals surface area contributed by atoms with E-state index in [2.05, 4.69) is 40.5 Å². The number of carbonyl (C=O) groups is 1. The number of hydrogen-bond acceptors (Lipinski definition) is 6. The summed E-state index contributed by atoms with van der Waals surface area (Å²) in [6, 6.07) is 6.22. The molecule has 0 saturated carbocycles. The topological polar surface area (TPSA) is 104 Å². The molecule has 1 aromatic carbocycles. The van der Waals surface area contributed by atoms with Crippen LogP contribution in [0.15, 0.2) is 39.9 Å². The zero-order chi connectivity index (χ0) is 22.7. The number of nitrogens with one attached hydrogen (secondary N) is 1. The molecule has 0 unspecified atom stereocenters. The highest BCUT2D eigenvalue weighted by Gasteiger charge is 2.22. The number of rotatable bonds is 9. The molecule has 0 spiro atoms. The number of nitrogens with zero attached hydrogens (tertiary/aromatic N) is 4. The third-order valence-corrected chi connectivity index (χ3v) is 5.46. The van der Waals surface area contributed by atoms with Gasteiger partial charge in [0.15, 0.2) is 0 Å². The second-order valence-corrected chi connectivity index (χ2v) is 7.84. The minimum atomic E-state index is -0.337. The van der Waals surface area contributed by atoms with Gasteiger partial charge in [0, 0.05) is 38.7 Å². The van der Waals surface area contributed by atoms with E-state index in [4.69, 9.17) is 9.15 Å². The first-order valence-electron chi connectivity index (χ1n) is 10.7. The largest absolute Gasteiger partial charge is 0.442 e. The van der Waals surface area contributed by atoms with Gasteiger partial charge in [0.2, 0.25) is 5.71 Å². The first kappa shape index (κ1) is 21.8. The lowest BCUT2D eigenvalue weighted by Crippen LogP contribution is -2.28. The van der Waals surface area contributed by atoms with E-state index >= 15 is 0 Å². The summed E-state index contributed by atoms with van der Waals surface area (Å²) < 4.78 is 14.0. The van der Waals surface area contributed by atoms with E-state index in [-0.39, 0.29) is 28.1 Å². The number of methoxy groups -OCH3 is 1. The van der Waals surface area contributed by atoms with Crippen molar-refractivity contribution in [1.29, 1.82) is 0 Å². The second-order valence-electron chi connectivity index (χ2n) is 7.84. The molecule has 32 heavy (non-hydrogen) atoms. The van der Waals surface area contributed by atoms with Crippen molar-refractivity contribution in [3.05, 3.63) is 58.0 Å². The van der Waals surface area contributed by atoms with E-state index in [1.165, 1.54) is 16.5 Å². The molecule has 0 radical (unpaired) electrons. The maximum atomic E-state index is 12.9. The molecular formula is C23H27N5O4. The summed E-state index contributed by atoms with van der Waals surface area (Å²) in [5, 5.41) is 8.65. The van der Waals surface area contributed by atoms with E-state index in [0.29, 0.717) is 44.8 Å². The number of benzene rings is 1. The summed E-state index contributed by atoms with van der Waals surface area (Å²) in [5.74, 6) is 0.0428. The fraction of sp³-hybridized carbons (Fsp3) is 0.391. The number of amides is 1. The Bertz CT molecular complexity index is 1320. The molecule has 0 aliphatic heterocycles. The van der Waals surface area contributed by atoms with Crippen LogP contribution in [0.3, 0.4) is 0 Å². The number of hydrogen-bond donors (Lipinski definition) is 1. The molecule has 0 saturated heterocycles. The van der Waals surface area contributed by atoms with Crippen LogP contribution in [0.25, 0.3) is 22.0 Å². The van der Waals surface area contributed by atoms with Crippen LogP contribution in [0.5, 0.6) is 0 Å². The Hall–Kier alpha value is -3.46. The number of aromatic nitrogens is 4. The molecule has 9 heteroatoms. The normalized spacial score (nSPS) is 11.5. The summed E-state index contributed by atoms with van der Waals surface area (Å²) in [4.78, 5) is 30.0. The van der Waals surface area contributed by atoms with Crippen LogP contribution < -0.4 is 10.9 Å². The SMILES string of the molecule is COCCCn1cnc2oc(C)c(C(=O)NCCCn3ncc4ccc(C)cc43)c2c1=O. The first-order chi connectivity index (χ1) is 15.5. The maximum absolute atomic E-state index is 12.9. The number of carbonyl (C=O) groups excluding carboxylic acids is 1. The Morgan fingerprint density at radius 3 is 2.88 bits per heavy atom. The van der Waals surface area contributed by atoms with Gasteiger partial charge in [0.05, 0.1) is 17.3 Å². The van der Waals surface area contributed by atoms with E-state index in [0.717, 1.165) is 10.9 Å². The Morgan fingerprint density at radius 2 is 2.06 bits per heavy atom. The van der Waals surface area contributed by atoms with Crippen molar-refractivity contribution in [3.8, 4) is 0 Å². The molecule has 4 aromatic rings. The van der Waals surface area contributed by atoms with Gasteiger partial charge in [-0.15, -0.1) is 0 Å². The highest BCUT2D eigenvalue weighted by atomic mass is 16.5. The molecule has 0 atom stereocenters. The zero-order valence-corrected chi connectivity index (χ0v) is 18.6. The Labute approximate surface area is 185 Å². The van der Waals surface area contributed by atoms with Gasteiger partial charge in [-0.1, -0.05) is 12.1 Å². The van der Waals surface area contributed by atoms with Gasteiger partial charge >= 0.3 is 0 Å². The Kier molecular flexibility index (Phi) is 6.36. The van der Waals surface area contributed by atoms with Gasteiger partial charge in [-0.05, 0) is 38.3 Å². The van der Waals surface area contributed by atoms with Crippen molar-refractivity contribution in [2.75, 3.05) is 20.3 Å². The van der Waals surface area contributed by atoms with Gasteiger partial charge in [0.1, 0.15) is 17.5 Å². The molecule has 3 heterocycles. The number of aryl methyl sites for hydroxylation is 4. The second kappa shape index (κ2) is 9.35. The molecule has 4 rings (SSSR count). The lowest BCUT2D eigenvalue weighted by molar-refractivity contribution is 0.0952. The fourth-order valence-corrected chi connectivity index (χ4v) is 3.83. The van der Waals surface area contributed by atoms with Gasteiger partial charge in [0.25, 0.3) is 11.5 Å². The molecule has 3 aromatic heterocycles. The van der Waals surface area contributed by atoms with Crippen molar-refractivity contribution in [2.24, 2.45) is 0 Å². The predicted octanol–water partition coefficient (Wildman–Crippen LogP) is 2.81. The van der Waals surface area contributed by atoms with E-state index in [1.807, 2.05) is 10.9 Å². The molecule has 9 nitrogen and oxygen atoms in total. The lowest BCUT2D eigenvalue weighted by atomic mass is 10.1. The van der Waals surface area contributed by atoms with Crippen molar-refractivity contribution in [3.63, 3.8) is 0 Å². The molecular weight excluding hydrogens is 410 g/mol. The predicted molar refractivity (Wildman–Crippen MR) is 121 cm³/mol. The monoisotopic (exact) mass is 437 g/mol. The van der Waals surface area contributed by atoms with Crippen LogP contribution in [-0.2, 0) is 17.8 Å². The smallest absolute Gasteiger partial charge is 0.265 e. The zero-order valence-electron chi connectivity index (χ0n) is 18.6. The summed E-state index contributed by atoms with van der Waals surface area (Å²) >= 11 is 0. The molecule has 1 N–H and O–H groups in total. The molecule has 0 bridgehead atoms. The van der Waals surface area contributed by atoms with E-state index in [9.17, 15) is 9.59 Å². The van der Waals surface area contributed by atoms with Crippen molar-refractivity contribution in [1.82, 2.24) is 24.6 Å². The molecule has 1 amide bonds. The van der Waals surface area contributed by atoms with Crippen molar-refractivity contribution < 1.29 is 13.9 Å². The first-order valence-corrected chi connectivity index (χ1v) is 10.7. The third kappa shape index (κ3) is 4.29. The van der Waals surface area contributed by atoms with Crippen LogP contribution in [-0.4, -0.2) is 45.5 Å². The van der Waals surface area contributed by atoms with Crippen LogP contribution in [0.2, 0.25) is 0 Å². The van der Waals surface area contributed by atoms with Gasteiger partial charge in [-0.3, -0.25) is 18.8 Å². The number of ether oxygens (including phenoxy) is 1. The summed E-state index contributed by atoms with van der Waals surface area (Å²) in [6.07, 6.45) is 4.66. The van der Waals surface area contributed by atoms with E-state index in [1.54, 1.807) is 14.0 Å². The minimum absolute atomic E-state index is 0.180. The summed E-state index contributed by atoms with van der Waals surface area (Å²) in [7, 11) is 1.61. The van der Waals surface area contributed by atoms with Crippen molar-refractivity contribution in [2.45, 2.75) is 39.8 Å². The minimum Gasteiger partial charge on any atom is -0.442 e. The maximum Gasteiger partial charge on any atom is 0.265 e. The Morgan fingerprint density at radius 1 is 1.22 bits per heavy atom. The number of furan rings is 1. The van der Waals surface area contributed by atoms with E-state index < -0.39 is 0 Å². The quantitative estimate of drug-likeness (QED) is 0.404. The average molecular weight is 438 g/mol. The van der Waals surface area contributed by atoms with Gasteiger partial charge in [-0.2, -0.15) is 5.10 Å². The van der Waals surface area contributed by atoms with Crippen LogP contribution >= 0.6 is 0 Å². The highest BCUT2D eigenvalue weighted by Crippen LogP contribution is 2.21. The fourth-order valence-electron chi connectivity index (χ4n) is 3.83. The summed E-state index contributed by atoms with van der Waals surface area (Å²) in [6.45, 7) is 5.83. The summed E-state index contributed by atoms with van der Waals surface area (Å²) in [5.41, 5.74) is 2.40. The third-order valence-electron chi connectivity index (χ3n) is 5.46. The van der Waals surface area contributed by atoms with Crippen molar-refractivity contribution >= 4 is 27.9 Å². The lowest BCUT2D eigenvalue weighted by Gasteiger charge is -2.07. The van der Waals surface area contributed by atoms with Gasteiger partial charge < -0.3 is 14.5 Å². The Balaban J connectivity index is 1.45. The molecule has 0 aliphatic rings.